The summed E-state index contributed by atoms with van der Waals surface area (Å²) < 4.78 is 16.7. The molecule has 1 aromatic carbocycles. The molecule has 20 heavy (non-hydrogen) atoms. The van der Waals surface area contributed by atoms with Gasteiger partial charge in [0, 0.05) is 49.1 Å². The van der Waals surface area contributed by atoms with Crippen molar-refractivity contribution in [2.24, 2.45) is 0 Å². The summed E-state index contributed by atoms with van der Waals surface area (Å²) in [6, 6.07) is 9.47. The number of rotatable bonds is 9. The molecule has 1 atom stereocenters. The Hall–Kier alpha value is -1.40. The number of hydrogen-bond donors (Lipinski definition) is 2. The van der Waals surface area contributed by atoms with E-state index >= 15 is 0 Å². The van der Waals surface area contributed by atoms with Crippen molar-refractivity contribution in [3.05, 3.63) is 35.9 Å². The first-order valence-electron chi connectivity index (χ1n) is 6.62. The van der Waals surface area contributed by atoms with Crippen molar-refractivity contribution in [3.8, 4) is 0 Å². The van der Waals surface area contributed by atoms with Crippen LogP contribution in [0.25, 0.3) is 0 Å². The second-order valence-electron chi connectivity index (χ2n) is 4.30. The number of nitrogens with one attached hydrogen (secondary N) is 2. The van der Waals surface area contributed by atoms with Crippen molar-refractivity contribution in [2.75, 3.05) is 32.6 Å². The predicted molar refractivity (Wildman–Crippen MR) is 81.0 cm³/mol. The Morgan fingerprint density at radius 3 is 2.60 bits per heavy atom. The Morgan fingerprint density at radius 1 is 1.20 bits per heavy atom. The predicted octanol–water partition coefficient (Wildman–Crippen LogP) is 1.27. The monoisotopic (exact) mass is 298 g/mol. The standard InChI is InChI=1S/C14H22N2O3S/c1-19-10-5-8-15-14(17)16-9-11-20(18)12-13-6-3-2-4-7-13/h2-4,6-7H,5,8-12H2,1H3,(H2,15,16,17). The zero-order valence-electron chi connectivity index (χ0n) is 11.8. The highest BCUT2D eigenvalue weighted by molar-refractivity contribution is 7.84. The number of hydrogen-bond acceptors (Lipinski definition) is 3. The fraction of sp³-hybridized carbons (Fsp3) is 0.500. The normalized spacial score (nSPS) is 11.8. The topological polar surface area (TPSA) is 67.4 Å². The van der Waals surface area contributed by atoms with Crippen LogP contribution in [-0.2, 0) is 21.3 Å². The summed E-state index contributed by atoms with van der Waals surface area (Å²) in [4.78, 5) is 11.4. The molecule has 2 N–H and O–H groups in total. The van der Waals surface area contributed by atoms with Crippen molar-refractivity contribution in [1.82, 2.24) is 10.6 Å². The van der Waals surface area contributed by atoms with Crippen molar-refractivity contribution < 1.29 is 13.7 Å². The van der Waals surface area contributed by atoms with Crippen LogP contribution in [0.2, 0.25) is 0 Å². The Kier molecular flexibility index (Phi) is 8.66. The van der Waals surface area contributed by atoms with E-state index in [1.54, 1.807) is 7.11 Å². The number of amides is 2. The van der Waals surface area contributed by atoms with Gasteiger partial charge in [0.2, 0.25) is 0 Å². The second-order valence-corrected chi connectivity index (χ2v) is 5.88. The zero-order chi connectivity index (χ0) is 14.6. The zero-order valence-corrected chi connectivity index (χ0v) is 12.6. The number of carbonyl (C=O) groups is 1. The van der Waals surface area contributed by atoms with Gasteiger partial charge in [0.1, 0.15) is 0 Å². The van der Waals surface area contributed by atoms with Gasteiger partial charge in [0.25, 0.3) is 0 Å². The average Bonchev–Trinajstić information content (AvgIpc) is 2.45. The molecule has 0 spiro atoms. The number of urea groups is 1. The van der Waals surface area contributed by atoms with Gasteiger partial charge < -0.3 is 15.4 Å². The van der Waals surface area contributed by atoms with Gasteiger partial charge in [-0.3, -0.25) is 4.21 Å². The maximum atomic E-state index is 11.8. The van der Waals surface area contributed by atoms with Gasteiger partial charge in [-0.05, 0) is 12.0 Å². The molecule has 1 aromatic rings. The van der Waals surface area contributed by atoms with E-state index in [-0.39, 0.29) is 6.03 Å². The van der Waals surface area contributed by atoms with E-state index < -0.39 is 10.8 Å². The summed E-state index contributed by atoms with van der Waals surface area (Å²) >= 11 is 0. The molecule has 0 bridgehead atoms. The summed E-state index contributed by atoms with van der Waals surface area (Å²) in [5, 5.41) is 5.40. The van der Waals surface area contributed by atoms with Gasteiger partial charge in [-0.2, -0.15) is 0 Å². The molecule has 0 heterocycles. The molecule has 0 fully saturated rings. The van der Waals surface area contributed by atoms with E-state index in [1.165, 1.54) is 0 Å². The first-order valence-corrected chi connectivity index (χ1v) is 8.10. The van der Waals surface area contributed by atoms with E-state index in [4.69, 9.17) is 4.74 Å². The fourth-order valence-electron chi connectivity index (χ4n) is 1.59. The van der Waals surface area contributed by atoms with Crippen molar-refractivity contribution in [1.29, 1.82) is 0 Å². The van der Waals surface area contributed by atoms with E-state index in [2.05, 4.69) is 10.6 Å². The highest BCUT2D eigenvalue weighted by atomic mass is 32.2. The molecule has 2 amide bonds. The molecular formula is C14H22N2O3S. The minimum atomic E-state index is -0.959. The third kappa shape index (κ3) is 7.91. The molecule has 0 aliphatic rings. The highest BCUT2D eigenvalue weighted by Crippen LogP contribution is 2.02. The van der Waals surface area contributed by atoms with E-state index in [0.717, 1.165) is 12.0 Å². The minimum absolute atomic E-state index is 0.224. The summed E-state index contributed by atoms with van der Waals surface area (Å²) in [5.74, 6) is 0.984. The quantitative estimate of drug-likeness (QED) is 0.675. The van der Waals surface area contributed by atoms with Crippen LogP contribution in [0.5, 0.6) is 0 Å². The van der Waals surface area contributed by atoms with Crippen LogP contribution in [0.15, 0.2) is 30.3 Å². The smallest absolute Gasteiger partial charge is 0.314 e. The van der Waals surface area contributed by atoms with Gasteiger partial charge in [-0.15, -0.1) is 0 Å². The molecule has 0 aliphatic heterocycles. The lowest BCUT2D eigenvalue weighted by Gasteiger charge is -2.07. The lowest BCUT2D eigenvalue weighted by molar-refractivity contribution is 0.193. The average molecular weight is 298 g/mol. The van der Waals surface area contributed by atoms with E-state index in [0.29, 0.717) is 31.2 Å². The highest BCUT2D eigenvalue weighted by Gasteiger charge is 2.03. The summed E-state index contributed by atoms with van der Waals surface area (Å²) in [6.07, 6.45) is 0.782. The van der Waals surface area contributed by atoms with Gasteiger partial charge in [0.05, 0.1) is 0 Å². The molecule has 0 aliphatic carbocycles. The largest absolute Gasteiger partial charge is 0.385 e. The third-order valence-corrected chi connectivity index (χ3v) is 3.91. The summed E-state index contributed by atoms with van der Waals surface area (Å²) in [5.41, 5.74) is 1.05. The molecule has 0 saturated carbocycles. The SMILES string of the molecule is COCCCNC(=O)NCCS(=O)Cc1ccccc1. The van der Waals surface area contributed by atoms with Crippen LogP contribution in [0.4, 0.5) is 4.79 Å². The van der Waals surface area contributed by atoms with E-state index in [9.17, 15) is 9.00 Å². The molecular weight excluding hydrogens is 276 g/mol. The molecule has 1 unspecified atom stereocenters. The van der Waals surface area contributed by atoms with E-state index in [1.807, 2.05) is 30.3 Å². The third-order valence-electron chi connectivity index (χ3n) is 2.60. The number of ether oxygens (including phenoxy) is 1. The Bertz CT molecular complexity index is 412. The van der Waals surface area contributed by atoms with Crippen LogP contribution in [0.1, 0.15) is 12.0 Å². The van der Waals surface area contributed by atoms with Crippen molar-refractivity contribution in [3.63, 3.8) is 0 Å². The molecule has 0 saturated heterocycles. The minimum Gasteiger partial charge on any atom is -0.385 e. The molecule has 0 radical (unpaired) electrons. The molecule has 5 nitrogen and oxygen atoms in total. The van der Waals surface area contributed by atoms with Crippen molar-refractivity contribution >= 4 is 16.8 Å². The molecule has 112 valence electrons. The van der Waals surface area contributed by atoms with Crippen LogP contribution in [0.3, 0.4) is 0 Å². The van der Waals surface area contributed by atoms with Gasteiger partial charge in [0.15, 0.2) is 0 Å². The molecule has 1 rings (SSSR count). The number of benzene rings is 1. The first-order chi connectivity index (χ1) is 9.72. The van der Waals surface area contributed by atoms with Gasteiger partial charge in [-0.1, -0.05) is 30.3 Å². The lowest BCUT2D eigenvalue weighted by atomic mass is 10.2. The van der Waals surface area contributed by atoms with Crippen molar-refractivity contribution in [2.45, 2.75) is 12.2 Å². The number of methoxy groups -OCH3 is 1. The van der Waals surface area contributed by atoms with Gasteiger partial charge in [-0.25, -0.2) is 4.79 Å². The Morgan fingerprint density at radius 2 is 1.90 bits per heavy atom. The van der Waals surface area contributed by atoms with Crippen LogP contribution >= 0.6 is 0 Å². The summed E-state index contributed by atoms with van der Waals surface area (Å²) in [6.45, 7) is 1.61. The summed E-state index contributed by atoms with van der Waals surface area (Å²) in [7, 11) is 0.668. The first kappa shape index (κ1) is 16.7. The van der Waals surface area contributed by atoms with Crippen LogP contribution in [0, 0.1) is 0 Å². The molecule has 6 heteroatoms. The fourth-order valence-corrected chi connectivity index (χ4v) is 2.63. The number of carbonyl (C=O) groups excluding carboxylic acids is 1. The van der Waals surface area contributed by atoms with Crippen LogP contribution in [-0.4, -0.2) is 42.8 Å². The van der Waals surface area contributed by atoms with Crippen LogP contribution < -0.4 is 10.6 Å². The Labute approximate surface area is 122 Å². The Balaban J connectivity index is 2.08. The lowest BCUT2D eigenvalue weighted by Crippen LogP contribution is -2.38. The maximum Gasteiger partial charge on any atom is 0.314 e. The maximum absolute atomic E-state index is 11.8. The second kappa shape index (κ2) is 10.4. The van der Waals surface area contributed by atoms with Gasteiger partial charge >= 0.3 is 6.03 Å². The molecule has 0 aromatic heterocycles.